The Balaban J connectivity index is 2.13. The van der Waals surface area contributed by atoms with Crippen LogP contribution in [0, 0.1) is 0 Å². The predicted molar refractivity (Wildman–Crippen MR) is 77.8 cm³/mol. The van der Waals surface area contributed by atoms with Crippen molar-refractivity contribution in [2.45, 2.75) is 43.7 Å². The molecule has 1 aromatic rings. The summed E-state index contributed by atoms with van der Waals surface area (Å²) in [6.45, 7) is 0. The highest BCUT2D eigenvalue weighted by Gasteiger charge is 2.40. The van der Waals surface area contributed by atoms with Crippen LogP contribution in [0.3, 0.4) is 0 Å². The van der Waals surface area contributed by atoms with Gasteiger partial charge in [0.25, 0.3) is 0 Å². The average molecular weight is 263 g/mol. The average Bonchev–Trinajstić information content (AvgIpc) is 2.95. The van der Waals surface area contributed by atoms with Crippen LogP contribution in [-0.2, 0) is 11.2 Å². The summed E-state index contributed by atoms with van der Waals surface area (Å²) in [4.78, 5) is 0. The lowest BCUT2D eigenvalue weighted by atomic mass is 9.87. The Bertz CT molecular complexity index is 399. The molecule has 1 N–H and O–H groups in total. The molecule has 1 aliphatic rings. The second-order valence-corrected chi connectivity index (χ2v) is 5.37. The minimum absolute atomic E-state index is 0.00216. The number of methoxy groups -OCH3 is 2. The van der Waals surface area contributed by atoms with Gasteiger partial charge >= 0.3 is 0 Å². The molecule has 3 heteroatoms. The van der Waals surface area contributed by atoms with Crippen molar-refractivity contribution in [1.82, 2.24) is 5.32 Å². The molecule has 1 fully saturated rings. The van der Waals surface area contributed by atoms with Crippen molar-refractivity contribution in [3.63, 3.8) is 0 Å². The fraction of sp³-hybridized carbons (Fsp3) is 0.625. The van der Waals surface area contributed by atoms with Crippen LogP contribution in [0.25, 0.3) is 0 Å². The SMILES string of the molecule is CNC(Cc1cccc(OC)c1)C1(OC)CCCC1. The van der Waals surface area contributed by atoms with E-state index in [2.05, 4.69) is 23.5 Å². The molecular formula is C16H25NO2. The molecule has 1 aliphatic carbocycles. The van der Waals surface area contributed by atoms with Gasteiger partial charge in [0.1, 0.15) is 5.75 Å². The molecule has 1 saturated carbocycles. The molecule has 1 aromatic carbocycles. The summed E-state index contributed by atoms with van der Waals surface area (Å²) in [5.41, 5.74) is 1.29. The Hall–Kier alpha value is -1.06. The van der Waals surface area contributed by atoms with Gasteiger partial charge in [0.05, 0.1) is 12.7 Å². The van der Waals surface area contributed by atoms with Gasteiger partial charge in [-0.25, -0.2) is 0 Å². The Morgan fingerprint density at radius 2 is 2.00 bits per heavy atom. The van der Waals surface area contributed by atoms with E-state index in [9.17, 15) is 0 Å². The fourth-order valence-electron chi connectivity index (χ4n) is 3.25. The maximum Gasteiger partial charge on any atom is 0.119 e. The van der Waals surface area contributed by atoms with E-state index in [-0.39, 0.29) is 5.60 Å². The summed E-state index contributed by atoms with van der Waals surface area (Å²) in [7, 11) is 5.59. The van der Waals surface area contributed by atoms with Crippen molar-refractivity contribution in [3.8, 4) is 5.75 Å². The third kappa shape index (κ3) is 3.10. The van der Waals surface area contributed by atoms with Crippen LogP contribution in [0.4, 0.5) is 0 Å². The summed E-state index contributed by atoms with van der Waals surface area (Å²) < 4.78 is 11.2. The van der Waals surface area contributed by atoms with Crippen molar-refractivity contribution in [3.05, 3.63) is 29.8 Å². The van der Waals surface area contributed by atoms with Crippen LogP contribution in [0.1, 0.15) is 31.2 Å². The number of nitrogens with one attached hydrogen (secondary N) is 1. The number of likely N-dealkylation sites (N-methyl/N-ethyl adjacent to an activating group) is 1. The van der Waals surface area contributed by atoms with E-state index >= 15 is 0 Å². The van der Waals surface area contributed by atoms with Crippen LogP contribution in [0.15, 0.2) is 24.3 Å². The van der Waals surface area contributed by atoms with Crippen molar-refractivity contribution in [2.24, 2.45) is 0 Å². The molecule has 0 radical (unpaired) electrons. The Morgan fingerprint density at radius 3 is 2.58 bits per heavy atom. The smallest absolute Gasteiger partial charge is 0.119 e. The molecule has 0 spiro atoms. The molecule has 19 heavy (non-hydrogen) atoms. The van der Waals surface area contributed by atoms with E-state index in [4.69, 9.17) is 9.47 Å². The molecule has 2 rings (SSSR count). The minimum Gasteiger partial charge on any atom is -0.497 e. The lowest BCUT2D eigenvalue weighted by molar-refractivity contribution is -0.0336. The van der Waals surface area contributed by atoms with Crippen molar-refractivity contribution in [2.75, 3.05) is 21.3 Å². The first-order valence-corrected chi connectivity index (χ1v) is 7.09. The van der Waals surface area contributed by atoms with E-state index in [1.54, 1.807) is 7.11 Å². The molecule has 0 bridgehead atoms. The summed E-state index contributed by atoms with van der Waals surface area (Å²) in [6, 6.07) is 8.66. The Morgan fingerprint density at radius 1 is 1.26 bits per heavy atom. The quantitative estimate of drug-likeness (QED) is 0.856. The summed E-state index contributed by atoms with van der Waals surface area (Å²) in [5, 5.41) is 3.46. The Labute approximate surface area is 116 Å². The third-order valence-electron chi connectivity index (χ3n) is 4.41. The van der Waals surface area contributed by atoms with E-state index in [1.807, 2.05) is 20.2 Å². The van der Waals surface area contributed by atoms with Gasteiger partial charge in [0, 0.05) is 13.2 Å². The van der Waals surface area contributed by atoms with Gasteiger partial charge in [0.2, 0.25) is 0 Å². The first-order chi connectivity index (χ1) is 9.24. The number of hydrogen-bond donors (Lipinski definition) is 1. The molecule has 1 unspecified atom stereocenters. The standard InChI is InChI=1S/C16H25NO2/c1-17-15(16(19-3)9-4-5-10-16)12-13-7-6-8-14(11-13)18-2/h6-8,11,15,17H,4-5,9-10,12H2,1-3H3. The fourth-order valence-corrected chi connectivity index (χ4v) is 3.25. The van der Waals surface area contributed by atoms with Gasteiger partial charge in [-0.2, -0.15) is 0 Å². The largest absolute Gasteiger partial charge is 0.497 e. The van der Waals surface area contributed by atoms with Crippen molar-refractivity contribution < 1.29 is 9.47 Å². The molecule has 0 aromatic heterocycles. The number of rotatable bonds is 6. The first kappa shape index (κ1) is 14.4. The molecular weight excluding hydrogens is 238 g/mol. The monoisotopic (exact) mass is 263 g/mol. The third-order valence-corrected chi connectivity index (χ3v) is 4.41. The second kappa shape index (κ2) is 6.40. The zero-order chi connectivity index (χ0) is 13.7. The highest BCUT2D eigenvalue weighted by molar-refractivity contribution is 5.29. The van der Waals surface area contributed by atoms with Crippen LogP contribution < -0.4 is 10.1 Å². The maximum atomic E-state index is 5.89. The van der Waals surface area contributed by atoms with E-state index < -0.39 is 0 Å². The van der Waals surface area contributed by atoms with Crippen LogP contribution in [0.2, 0.25) is 0 Å². The molecule has 0 aliphatic heterocycles. The van der Waals surface area contributed by atoms with E-state index in [0.29, 0.717) is 6.04 Å². The lowest BCUT2D eigenvalue weighted by Crippen LogP contribution is -2.50. The van der Waals surface area contributed by atoms with Gasteiger partial charge < -0.3 is 14.8 Å². The molecule has 1 atom stereocenters. The number of ether oxygens (including phenoxy) is 2. The van der Waals surface area contributed by atoms with Crippen molar-refractivity contribution in [1.29, 1.82) is 0 Å². The second-order valence-electron chi connectivity index (χ2n) is 5.37. The van der Waals surface area contributed by atoms with Crippen molar-refractivity contribution >= 4 is 0 Å². The molecule has 0 saturated heterocycles. The van der Waals surface area contributed by atoms with E-state index in [1.165, 1.54) is 18.4 Å². The molecule has 106 valence electrons. The first-order valence-electron chi connectivity index (χ1n) is 7.09. The zero-order valence-corrected chi connectivity index (χ0v) is 12.2. The molecule has 0 amide bonds. The highest BCUT2D eigenvalue weighted by atomic mass is 16.5. The topological polar surface area (TPSA) is 30.5 Å². The molecule has 0 heterocycles. The van der Waals surface area contributed by atoms with Gasteiger partial charge in [-0.05, 0) is 44.0 Å². The number of benzene rings is 1. The van der Waals surface area contributed by atoms with Gasteiger partial charge in [-0.3, -0.25) is 0 Å². The lowest BCUT2D eigenvalue weighted by Gasteiger charge is -2.36. The highest BCUT2D eigenvalue weighted by Crippen LogP contribution is 2.36. The van der Waals surface area contributed by atoms with Gasteiger partial charge in [0.15, 0.2) is 0 Å². The summed E-state index contributed by atoms with van der Waals surface area (Å²) in [6.07, 6.45) is 5.81. The number of hydrogen-bond acceptors (Lipinski definition) is 3. The van der Waals surface area contributed by atoms with Crippen LogP contribution in [-0.4, -0.2) is 32.9 Å². The predicted octanol–water partition coefficient (Wildman–Crippen LogP) is 2.78. The van der Waals surface area contributed by atoms with Crippen LogP contribution >= 0.6 is 0 Å². The van der Waals surface area contributed by atoms with Crippen LogP contribution in [0.5, 0.6) is 5.75 Å². The zero-order valence-electron chi connectivity index (χ0n) is 12.2. The summed E-state index contributed by atoms with van der Waals surface area (Å²) in [5.74, 6) is 0.922. The normalized spacial score (nSPS) is 19.3. The molecule has 3 nitrogen and oxygen atoms in total. The van der Waals surface area contributed by atoms with Gasteiger partial charge in [-0.1, -0.05) is 25.0 Å². The van der Waals surface area contributed by atoms with E-state index in [0.717, 1.165) is 25.0 Å². The summed E-state index contributed by atoms with van der Waals surface area (Å²) >= 11 is 0. The minimum atomic E-state index is -0.00216. The van der Waals surface area contributed by atoms with Gasteiger partial charge in [-0.15, -0.1) is 0 Å². The Kier molecular flexibility index (Phi) is 4.83. The maximum absolute atomic E-state index is 5.89.